The number of rotatable bonds is 11. The molecule has 3 N–H and O–H groups in total. The van der Waals surface area contributed by atoms with E-state index in [2.05, 4.69) is 10.6 Å². The number of hydrogen-bond acceptors (Lipinski definition) is 4. The summed E-state index contributed by atoms with van der Waals surface area (Å²) < 4.78 is 10.2. The van der Waals surface area contributed by atoms with Gasteiger partial charge >= 0.3 is 12.0 Å². The number of ether oxygens (including phenoxy) is 2. The number of methoxy groups -OCH3 is 1. The van der Waals surface area contributed by atoms with E-state index in [0.717, 1.165) is 25.7 Å². The van der Waals surface area contributed by atoms with E-state index in [9.17, 15) is 14.7 Å². The summed E-state index contributed by atoms with van der Waals surface area (Å²) in [6.07, 6.45) is 3.32. The molecule has 0 aromatic carbocycles. The SMILES string of the molecule is COCCOCCCCNC(=O)NC(C)(C(=O)O)C1CC1. The normalized spacial score (nSPS) is 17.0. The minimum atomic E-state index is -1.16. The molecule has 1 rings (SSSR count). The summed E-state index contributed by atoms with van der Waals surface area (Å²) in [4.78, 5) is 23.0. The highest BCUT2D eigenvalue weighted by atomic mass is 16.5. The minimum absolute atomic E-state index is 0.0370. The summed E-state index contributed by atoms with van der Waals surface area (Å²) in [5.74, 6) is -0.943. The topological polar surface area (TPSA) is 96.9 Å². The third kappa shape index (κ3) is 6.31. The largest absolute Gasteiger partial charge is 0.480 e. The number of hydrogen-bond donors (Lipinski definition) is 3. The Morgan fingerprint density at radius 1 is 1.24 bits per heavy atom. The average molecular weight is 302 g/mol. The maximum atomic E-state index is 11.7. The Hall–Kier alpha value is -1.34. The van der Waals surface area contributed by atoms with E-state index in [1.54, 1.807) is 14.0 Å². The second-order valence-electron chi connectivity index (χ2n) is 5.47. The molecule has 0 spiro atoms. The van der Waals surface area contributed by atoms with Crippen molar-refractivity contribution in [2.24, 2.45) is 5.92 Å². The number of carboxylic acids is 1. The van der Waals surface area contributed by atoms with Crippen LogP contribution in [0.2, 0.25) is 0 Å². The fourth-order valence-electron chi connectivity index (χ4n) is 2.05. The second-order valence-corrected chi connectivity index (χ2v) is 5.47. The number of carbonyl (C=O) groups is 2. The number of nitrogens with one attached hydrogen (secondary N) is 2. The van der Waals surface area contributed by atoms with Crippen molar-refractivity contribution in [2.75, 3.05) is 33.5 Å². The van der Waals surface area contributed by atoms with Crippen LogP contribution in [0.4, 0.5) is 4.79 Å². The smallest absolute Gasteiger partial charge is 0.329 e. The molecule has 0 bridgehead atoms. The molecule has 0 heterocycles. The summed E-state index contributed by atoms with van der Waals surface area (Å²) in [6, 6.07) is -0.424. The molecule has 1 unspecified atom stereocenters. The predicted octanol–water partition coefficient (Wildman–Crippen LogP) is 0.982. The van der Waals surface area contributed by atoms with E-state index in [4.69, 9.17) is 9.47 Å². The fourth-order valence-corrected chi connectivity index (χ4v) is 2.05. The molecule has 0 radical (unpaired) electrons. The molecule has 1 saturated carbocycles. The van der Waals surface area contributed by atoms with Gasteiger partial charge in [-0.15, -0.1) is 0 Å². The number of urea groups is 1. The van der Waals surface area contributed by atoms with E-state index in [0.29, 0.717) is 26.4 Å². The zero-order chi connectivity index (χ0) is 15.7. The molecule has 1 aliphatic carbocycles. The summed E-state index contributed by atoms with van der Waals surface area (Å²) in [7, 11) is 1.62. The first-order chi connectivity index (χ1) is 10.0. The maximum Gasteiger partial charge on any atom is 0.329 e. The maximum absolute atomic E-state index is 11.7. The third-order valence-electron chi connectivity index (χ3n) is 3.64. The molecule has 2 amide bonds. The van der Waals surface area contributed by atoms with Gasteiger partial charge in [-0.3, -0.25) is 0 Å². The van der Waals surface area contributed by atoms with Gasteiger partial charge in [0.15, 0.2) is 0 Å². The summed E-state index contributed by atoms with van der Waals surface area (Å²) in [5.41, 5.74) is -1.16. The monoisotopic (exact) mass is 302 g/mol. The van der Waals surface area contributed by atoms with E-state index < -0.39 is 17.5 Å². The number of aliphatic carboxylic acids is 1. The van der Waals surface area contributed by atoms with Crippen LogP contribution in [0.5, 0.6) is 0 Å². The van der Waals surface area contributed by atoms with Crippen LogP contribution in [0.15, 0.2) is 0 Å². The van der Waals surface area contributed by atoms with Crippen LogP contribution in [-0.4, -0.2) is 56.1 Å². The predicted molar refractivity (Wildman–Crippen MR) is 77.2 cm³/mol. The highest BCUT2D eigenvalue weighted by molar-refractivity contribution is 5.86. The van der Waals surface area contributed by atoms with Crippen LogP contribution in [0.3, 0.4) is 0 Å². The zero-order valence-corrected chi connectivity index (χ0v) is 12.8. The highest BCUT2D eigenvalue weighted by Gasteiger charge is 2.48. The van der Waals surface area contributed by atoms with Crippen molar-refractivity contribution in [1.82, 2.24) is 10.6 Å². The highest BCUT2D eigenvalue weighted by Crippen LogP contribution is 2.39. The van der Waals surface area contributed by atoms with Crippen molar-refractivity contribution >= 4 is 12.0 Å². The number of carbonyl (C=O) groups excluding carboxylic acids is 1. The van der Waals surface area contributed by atoms with Gasteiger partial charge in [0.1, 0.15) is 5.54 Å². The van der Waals surface area contributed by atoms with Crippen LogP contribution in [0, 0.1) is 5.92 Å². The van der Waals surface area contributed by atoms with Crippen LogP contribution in [-0.2, 0) is 14.3 Å². The summed E-state index contributed by atoms with van der Waals surface area (Å²) in [5, 5.41) is 14.5. The van der Waals surface area contributed by atoms with Gasteiger partial charge in [0.25, 0.3) is 0 Å². The first kappa shape index (κ1) is 17.7. The molecule has 122 valence electrons. The lowest BCUT2D eigenvalue weighted by Gasteiger charge is -2.26. The van der Waals surface area contributed by atoms with Gasteiger partial charge in [0.05, 0.1) is 13.2 Å². The standard InChI is InChI=1S/C14H26N2O5/c1-14(12(17)18,11-5-6-11)16-13(19)15-7-3-4-8-21-10-9-20-2/h11H,3-10H2,1-2H3,(H,17,18)(H2,15,16,19). The number of carboxylic acid groups (broad SMARTS) is 1. The molecule has 7 heteroatoms. The van der Waals surface area contributed by atoms with Crippen LogP contribution < -0.4 is 10.6 Å². The molecule has 0 aromatic heterocycles. The molecule has 0 saturated heterocycles. The lowest BCUT2D eigenvalue weighted by molar-refractivity contribution is -0.144. The quantitative estimate of drug-likeness (QED) is 0.494. The lowest BCUT2D eigenvalue weighted by atomic mass is 9.96. The molecule has 1 fully saturated rings. The van der Waals surface area contributed by atoms with Gasteiger partial charge in [-0.1, -0.05) is 0 Å². The average Bonchev–Trinajstić information content (AvgIpc) is 3.26. The fraction of sp³-hybridized carbons (Fsp3) is 0.857. The van der Waals surface area contributed by atoms with E-state index >= 15 is 0 Å². The Kier molecular flexibility index (Phi) is 7.45. The molecule has 1 atom stereocenters. The lowest BCUT2D eigenvalue weighted by Crippen LogP contribution is -2.56. The van der Waals surface area contributed by atoms with Crippen molar-refractivity contribution in [3.63, 3.8) is 0 Å². The molecule has 1 aliphatic rings. The number of amides is 2. The van der Waals surface area contributed by atoms with Crippen molar-refractivity contribution in [2.45, 2.75) is 38.1 Å². The van der Waals surface area contributed by atoms with Crippen LogP contribution in [0.1, 0.15) is 32.6 Å². The Bertz CT molecular complexity index is 346. The van der Waals surface area contributed by atoms with Crippen molar-refractivity contribution in [1.29, 1.82) is 0 Å². The molecule has 0 aliphatic heterocycles. The van der Waals surface area contributed by atoms with Gasteiger partial charge in [0.2, 0.25) is 0 Å². The Balaban J connectivity index is 2.09. The van der Waals surface area contributed by atoms with Gasteiger partial charge in [0, 0.05) is 20.3 Å². The van der Waals surface area contributed by atoms with E-state index in [1.165, 1.54) is 0 Å². The first-order valence-corrected chi connectivity index (χ1v) is 7.36. The molecule has 21 heavy (non-hydrogen) atoms. The number of unbranched alkanes of at least 4 members (excludes halogenated alkanes) is 1. The van der Waals surface area contributed by atoms with Crippen molar-refractivity contribution in [3.8, 4) is 0 Å². The minimum Gasteiger partial charge on any atom is -0.480 e. The van der Waals surface area contributed by atoms with Crippen LogP contribution in [0.25, 0.3) is 0 Å². The Morgan fingerprint density at radius 2 is 1.95 bits per heavy atom. The zero-order valence-electron chi connectivity index (χ0n) is 12.8. The van der Waals surface area contributed by atoms with Crippen molar-refractivity contribution < 1.29 is 24.2 Å². The van der Waals surface area contributed by atoms with Gasteiger partial charge in [-0.25, -0.2) is 9.59 Å². The third-order valence-corrected chi connectivity index (χ3v) is 3.64. The second kappa shape index (κ2) is 8.84. The van der Waals surface area contributed by atoms with Gasteiger partial charge < -0.3 is 25.2 Å². The van der Waals surface area contributed by atoms with Crippen LogP contribution >= 0.6 is 0 Å². The summed E-state index contributed by atoms with van der Waals surface area (Å²) >= 11 is 0. The molecule has 7 nitrogen and oxygen atoms in total. The van der Waals surface area contributed by atoms with Gasteiger partial charge in [-0.05, 0) is 38.5 Å². The molecular weight excluding hydrogens is 276 g/mol. The Labute approximate surface area is 125 Å². The first-order valence-electron chi connectivity index (χ1n) is 7.36. The van der Waals surface area contributed by atoms with E-state index in [1.807, 2.05) is 0 Å². The van der Waals surface area contributed by atoms with Gasteiger partial charge in [-0.2, -0.15) is 0 Å². The van der Waals surface area contributed by atoms with E-state index in [-0.39, 0.29) is 5.92 Å². The Morgan fingerprint density at radius 3 is 2.52 bits per heavy atom. The van der Waals surface area contributed by atoms with Crippen molar-refractivity contribution in [3.05, 3.63) is 0 Å². The summed E-state index contributed by atoms with van der Waals surface area (Å²) in [6.45, 7) is 3.84. The molecule has 0 aromatic rings. The molecular formula is C14H26N2O5.